The van der Waals surface area contributed by atoms with E-state index in [0.29, 0.717) is 11.3 Å². The van der Waals surface area contributed by atoms with E-state index in [0.717, 1.165) is 25.7 Å². The van der Waals surface area contributed by atoms with Crippen LogP contribution in [0.1, 0.15) is 60.6 Å². The average Bonchev–Trinajstić information content (AvgIpc) is 3.24. The first-order chi connectivity index (χ1) is 13.4. The van der Waals surface area contributed by atoms with Gasteiger partial charge in [-0.05, 0) is 43.2 Å². The molecule has 2 aromatic rings. The Balaban J connectivity index is 1.67. The van der Waals surface area contributed by atoms with Crippen LogP contribution in [-0.4, -0.2) is 39.6 Å². The SMILES string of the molecule is CC(C)c1[nH]c(=O)ccc1C(=O)N1[C@@H]2CC[C@H]1[C@](CO)(Cc1ccccc1)C2. The van der Waals surface area contributed by atoms with Crippen LogP contribution in [0, 0.1) is 5.41 Å². The lowest BCUT2D eigenvalue weighted by molar-refractivity contribution is 0.0569. The summed E-state index contributed by atoms with van der Waals surface area (Å²) >= 11 is 0. The van der Waals surface area contributed by atoms with E-state index < -0.39 is 0 Å². The van der Waals surface area contributed by atoms with Crippen molar-refractivity contribution in [2.24, 2.45) is 5.41 Å². The minimum atomic E-state index is -0.292. The fourth-order valence-electron chi connectivity index (χ4n) is 5.29. The number of nitrogens with zero attached hydrogens (tertiary/aromatic N) is 1. The minimum absolute atomic E-state index is 0.0177. The third-order valence-electron chi connectivity index (χ3n) is 6.56. The maximum atomic E-state index is 13.5. The van der Waals surface area contributed by atoms with Crippen molar-refractivity contribution in [3.8, 4) is 0 Å². The molecule has 5 heteroatoms. The number of nitrogens with one attached hydrogen (secondary N) is 1. The molecule has 2 aliphatic rings. The number of fused-ring (bicyclic) bond motifs is 2. The largest absolute Gasteiger partial charge is 0.396 e. The summed E-state index contributed by atoms with van der Waals surface area (Å²) in [6.45, 7) is 4.04. The summed E-state index contributed by atoms with van der Waals surface area (Å²) in [5, 5.41) is 10.4. The number of H-pyrrole nitrogens is 1. The van der Waals surface area contributed by atoms with Crippen LogP contribution in [0.2, 0.25) is 0 Å². The molecule has 2 saturated heterocycles. The second-order valence-corrected chi connectivity index (χ2v) is 8.65. The number of pyridine rings is 1. The summed E-state index contributed by atoms with van der Waals surface area (Å²) in [6.07, 6.45) is 3.50. The van der Waals surface area contributed by atoms with Gasteiger partial charge in [-0.1, -0.05) is 44.2 Å². The van der Waals surface area contributed by atoms with Crippen LogP contribution < -0.4 is 5.56 Å². The van der Waals surface area contributed by atoms with Crippen LogP contribution in [-0.2, 0) is 6.42 Å². The molecule has 1 aromatic carbocycles. The molecular formula is C23H28N2O3. The van der Waals surface area contributed by atoms with E-state index in [9.17, 15) is 14.7 Å². The molecule has 2 bridgehead atoms. The molecule has 28 heavy (non-hydrogen) atoms. The zero-order chi connectivity index (χ0) is 19.9. The molecule has 0 aliphatic carbocycles. The Morgan fingerprint density at radius 1 is 1.21 bits per heavy atom. The van der Waals surface area contributed by atoms with Gasteiger partial charge >= 0.3 is 0 Å². The summed E-state index contributed by atoms with van der Waals surface area (Å²) in [7, 11) is 0. The molecule has 5 nitrogen and oxygen atoms in total. The number of aromatic nitrogens is 1. The summed E-state index contributed by atoms with van der Waals surface area (Å²) in [6, 6.07) is 13.5. The molecule has 3 atom stereocenters. The van der Waals surface area contributed by atoms with E-state index in [2.05, 4.69) is 17.1 Å². The molecule has 148 valence electrons. The van der Waals surface area contributed by atoms with Crippen LogP contribution in [0.15, 0.2) is 47.3 Å². The standard InChI is InChI=1S/C23H28N2O3/c1-15(2)21-18(9-11-20(27)24-21)22(28)25-17-8-10-19(25)23(13-17,14-26)12-16-6-4-3-5-7-16/h3-7,9,11,15,17,19,26H,8,10,12-14H2,1-2H3,(H,24,27)/t17-,19+,23-/m1/s1. The minimum Gasteiger partial charge on any atom is -0.396 e. The van der Waals surface area contributed by atoms with Crippen LogP contribution in [0.25, 0.3) is 0 Å². The van der Waals surface area contributed by atoms with Crippen molar-refractivity contribution in [2.45, 2.75) is 57.5 Å². The monoisotopic (exact) mass is 380 g/mol. The number of amides is 1. The second kappa shape index (κ2) is 7.21. The Bertz CT molecular complexity index is 921. The van der Waals surface area contributed by atoms with E-state index in [4.69, 9.17) is 0 Å². The average molecular weight is 380 g/mol. The maximum absolute atomic E-state index is 13.5. The molecule has 2 N–H and O–H groups in total. The highest BCUT2D eigenvalue weighted by molar-refractivity contribution is 5.96. The first kappa shape index (κ1) is 18.9. The van der Waals surface area contributed by atoms with Crippen molar-refractivity contribution < 1.29 is 9.90 Å². The van der Waals surface area contributed by atoms with Crippen molar-refractivity contribution in [1.82, 2.24) is 9.88 Å². The van der Waals surface area contributed by atoms with Crippen LogP contribution in [0.3, 0.4) is 0 Å². The third-order valence-corrected chi connectivity index (χ3v) is 6.56. The van der Waals surface area contributed by atoms with Gasteiger partial charge in [0.15, 0.2) is 0 Å². The highest BCUT2D eigenvalue weighted by atomic mass is 16.3. The Morgan fingerprint density at radius 3 is 2.64 bits per heavy atom. The first-order valence-electron chi connectivity index (χ1n) is 10.2. The zero-order valence-corrected chi connectivity index (χ0v) is 16.5. The molecule has 0 radical (unpaired) electrons. The molecule has 3 heterocycles. The quantitative estimate of drug-likeness (QED) is 0.837. The van der Waals surface area contributed by atoms with E-state index in [1.54, 1.807) is 6.07 Å². The number of carbonyl (C=O) groups excluding carboxylic acids is 1. The number of hydrogen-bond acceptors (Lipinski definition) is 3. The number of aromatic amines is 1. The topological polar surface area (TPSA) is 73.4 Å². The van der Waals surface area contributed by atoms with Gasteiger partial charge in [-0.3, -0.25) is 9.59 Å². The third kappa shape index (κ3) is 3.08. The summed E-state index contributed by atoms with van der Waals surface area (Å²) in [5.74, 6) is 0.0378. The number of benzene rings is 1. The number of aliphatic hydroxyl groups is 1. The first-order valence-corrected chi connectivity index (χ1v) is 10.2. The van der Waals surface area contributed by atoms with Gasteiger partial charge in [0.25, 0.3) is 5.91 Å². The molecule has 0 unspecified atom stereocenters. The molecular weight excluding hydrogens is 352 g/mol. The van der Waals surface area contributed by atoms with Gasteiger partial charge in [0, 0.05) is 29.3 Å². The van der Waals surface area contributed by atoms with Gasteiger partial charge in [-0.15, -0.1) is 0 Å². The fraction of sp³-hybridized carbons (Fsp3) is 0.478. The predicted octanol–water partition coefficient (Wildman–Crippen LogP) is 3.10. The van der Waals surface area contributed by atoms with Crippen LogP contribution in [0.4, 0.5) is 0 Å². The van der Waals surface area contributed by atoms with Crippen molar-refractivity contribution in [2.75, 3.05) is 6.61 Å². The summed E-state index contributed by atoms with van der Waals surface area (Å²) in [5.41, 5.74) is 2.00. The van der Waals surface area contributed by atoms with E-state index in [1.807, 2.05) is 36.9 Å². The number of hydrogen-bond donors (Lipinski definition) is 2. The number of carbonyl (C=O) groups is 1. The Kier molecular flexibility index (Phi) is 4.88. The smallest absolute Gasteiger partial charge is 0.256 e. The molecule has 0 spiro atoms. The van der Waals surface area contributed by atoms with Crippen molar-refractivity contribution in [3.63, 3.8) is 0 Å². The molecule has 2 aliphatic heterocycles. The van der Waals surface area contributed by atoms with Gasteiger partial charge < -0.3 is 15.0 Å². The van der Waals surface area contributed by atoms with Gasteiger partial charge in [0.1, 0.15) is 0 Å². The molecule has 0 saturated carbocycles. The summed E-state index contributed by atoms with van der Waals surface area (Å²) < 4.78 is 0. The maximum Gasteiger partial charge on any atom is 0.256 e. The van der Waals surface area contributed by atoms with Gasteiger partial charge in [0.2, 0.25) is 5.56 Å². The fourth-order valence-corrected chi connectivity index (χ4v) is 5.29. The lowest BCUT2D eigenvalue weighted by Gasteiger charge is -2.36. The molecule has 4 rings (SSSR count). The van der Waals surface area contributed by atoms with Crippen LogP contribution >= 0.6 is 0 Å². The summed E-state index contributed by atoms with van der Waals surface area (Å²) in [4.78, 5) is 30.1. The highest BCUT2D eigenvalue weighted by Gasteiger charge is 2.57. The molecule has 1 aromatic heterocycles. The normalized spacial score (nSPS) is 26.2. The molecule has 1 amide bonds. The van der Waals surface area contributed by atoms with Gasteiger partial charge in [0.05, 0.1) is 12.2 Å². The number of aliphatic hydroxyl groups excluding tert-OH is 1. The highest BCUT2D eigenvalue weighted by Crippen LogP contribution is 2.51. The predicted molar refractivity (Wildman–Crippen MR) is 108 cm³/mol. The zero-order valence-electron chi connectivity index (χ0n) is 16.5. The van der Waals surface area contributed by atoms with Crippen molar-refractivity contribution in [1.29, 1.82) is 0 Å². The second-order valence-electron chi connectivity index (χ2n) is 8.65. The van der Waals surface area contributed by atoms with Crippen molar-refractivity contribution >= 4 is 5.91 Å². The lowest BCUT2D eigenvalue weighted by Crippen LogP contribution is -2.44. The lowest BCUT2D eigenvalue weighted by atomic mass is 9.70. The van der Waals surface area contributed by atoms with E-state index in [-0.39, 0.29) is 41.5 Å². The van der Waals surface area contributed by atoms with E-state index in [1.165, 1.54) is 11.6 Å². The van der Waals surface area contributed by atoms with Crippen molar-refractivity contribution in [3.05, 3.63) is 69.6 Å². The number of rotatable bonds is 5. The van der Waals surface area contributed by atoms with Gasteiger partial charge in [-0.25, -0.2) is 0 Å². The van der Waals surface area contributed by atoms with E-state index >= 15 is 0 Å². The van der Waals surface area contributed by atoms with Crippen LogP contribution in [0.5, 0.6) is 0 Å². The Labute approximate surface area is 165 Å². The Hall–Kier alpha value is -2.40. The van der Waals surface area contributed by atoms with Gasteiger partial charge in [-0.2, -0.15) is 0 Å². The molecule has 2 fully saturated rings. The Morgan fingerprint density at radius 2 is 1.96 bits per heavy atom.